The lowest BCUT2D eigenvalue weighted by Gasteiger charge is -2.13. The first-order valence-corrected chi connectivity index (χ1v) is 53.6. The number of thiophene rings is 6. The average Bonchev–Trinajstić information content (AvgIpc) is 1.62. The molecule has 18 rings (SSSR count). The minimum Gasteiger partial charge on any atom is -0.433 e. The first-order valence-electron chi connectivity index (χ1n) is 47.6. The number of aliphatic hydroxyl groups excluding tert-OH is 6. The van der Waals surface area contributed by atoms with Crippen molar-refractivity contribution >= 4 is 164 Å². The first-order chi connectivity index (χ1) is 71.2. The van der Waals surface area contributed by atoms with Gasteiger partial charge in [-0.3, -0.25) is 83.6 Å². The van der Waals surface area contributed by atoms with Gasteiger partial charge < -0.3 is 35.4 Å². The van der Waals surface area contributed by atoms with Gasteiger partial charge in [-0.05, 0) is 204 Å². The van der Waals surface area contributed by atoms with Crippen molar-refractivity contribution in [2.75, 3.05) is 39.6 Å². The van der Waals surface area contributed by atoms with Crippen LogP contribution < -0.4 is 72.2 Å². The lowest BCUT2D eigenvalue weighted by Crippen LogP contribution is -2.39. The molecule has 0 bridgehead atoms. The maximum Gasteiger partial charge on any atom is 0.394 e. The summed E-state index contributed by atoms with van der Waals surface area (Å²) in [5.41, 5.74) is 8.21. The molecule has 0 aliphatic carbocycles. The molecule has 6 N–H and O–H groups in total. The molecule has 0 amide bonds. The fraction of sp³-hybridized carbons (Fsp3) is 0.327. The molecular weight excluding hydrogens is 2110 g/mol. The van der Waals surface area contributed by atoms with Crippen LogP contribution in [0.5, 0.6) is 5.75 Å². The van der Waals surface area contributed by atoms with Crippen LogP contribution in [0, 0.1) is 68.1 Å². The molecule has 0 atom stereocenters. The van der Waals surface area contributed by atoms with E-state index in [1.165, 1.54) is 132 Å². The van der Waals surface area contributed by atoms with Crippen molar-refractivity contribution in [1.29, 1.82) is 0 Å². The Balaban J connectivity index is 0.000000150. The summed E-state index contributed by atoms with van der Waals surface area (Å²) in [6.45, 7) is 18.1. The van der Waals surface area contributed by atoms with Crippen LogP contribution in [0.4, 0.5) is 13.2 Å². The van der Waals surface area contributed by atoms with E-state index < -0.39 is 23.0 Å². The van der Waals surface area contributed by atoms with E-state index in [0.29, 0.717) is 149 Å². The number of rotatable bonds is 26. The van der Waals surface area contributed by atoms with Crippen LogP contribution in [0.3, 0.4) is 0 Å². The van der Waals surface area contributed by atoms with Gasteiger partial charge in [-0.2, -0.15) is 8.78 Å². The molecule has 31 nitrogen and oxygen atoms in total. The highest BCUT2D eigenvalue weighted by molar-refractivity contribution is 7.24. The highest BCUT2D eigenvalue weighted by Crippen LogP contribution is 2.45. The topological polar surface area (TPSA) is 395 Å². The van der Waals surface area contributed by atoms with E-state index in [0.717, 1.165) is 94.7 Å². The second kappa shape index (κ2) is 48.8. The molecule has 18 aromatic rings. The SMILES string of the molecule is Cc1c(-c2cccc(Cl)c2)sc2c1c(=O)n(CCCO)c(=O)n2C.Cc1c(-c2cccc(OC(C)(F)F)c2)sc2c1c(=O)n(CCCO)c(=O)n2C.Cc1c(-c2ccccc2Cl)sc2c1c(=O)n(CCCO)c(=O)n2C.Cc1ccc(-c2sc3c(c2C)c(=O)n(CCCO)c(=O)n3C)cc1F.Cc1cccc(-c2sc3c(c2C)c(=O)n(CCCO)c(=O)n3C)c1.Cc1cccc(-c2sc3c(c2C)c(=O)n(CCCO)c(=O)n3C)c1Cl. The zero-order valence-corrected chi connectivity index (χ0v) is 92.2. The standard InChI is InChI=1S/C19H20F2N2O4S.C18H19ClN2O3S.C18H19FN2O3S.C18H20N2O3S.2C17H17ClN2O3S/c1-11-14-16(25)23(8-5-9-24)18(26)22(3)17(14)28-15(11)12-6-4-7-13(10-12)27-19(2,20)21;1-10-6-4-7-12(14(10)19)15-11(2)13-16(23)21(8-5-9-22)18(24)20(3)17(13)25-15;1-10-5-6-12(9-13(10)19)15-11(2)14-16(23)21(7-4-8-22)18(24)20(3)17(14)25-15;1-11-6-4-7-13(10-11)15-12(2)14-16(22)20(8-5-9-21)18(23)19(3)17(14)24-15;1-10-13-15(22)20(7-4-8-21)17(23)19(2)16(13)24-14(10)11-5-3-6-12(18)9-11;1-10-13-15(22)20(8-5-9-21)17(23)19(2)16(13)24-14(10)11-6-3-4-7-12(11)18/h4,6-7,10,24H,5,8-9H2,1-3H3;4,6-7,22H,5,8-9H2,1-3H3;5-6,9,22H,4,7-8H2,1-3H3;4,6-7,10,21H,5,8-9H2,1-3H3;3,5-6,9,21H,4,7-8H2,1-2H3;3-4,6-7,21H,5,8-9H2,1-2H3. The van der Waals surface area contributed by atoms with Crippen molar-refractivity contribution in [3.8, 4) is 68.4 Å². The molecule has 792 valence electrons. The van der Waals surface area contributed by atoms with Gasteiger partial charge in [0.1, 0.15) is 40.5 Å². The molecular formula is C107H112Cl3F3N12O19S6. The number of aryl methyl sites for hydroxylation is 15. The van der Waals surface area contributed by atoms with E-state index in [2.05, 4.69) is 10.8 Å². The molecule has 6 aromatic carbocycles. The van der Waals surface area contributed by atoms with Crippen LogP contribution in [-0.4, -0.2) is 131 Å². The van der Waals surface area contributed by atoms with E-state index in [9.17, 15) is 70.7 Å². The Bertz CT molecular complexity index is 8900. The molecule has 12 aromatic heterocycles. The highest BCUT2D eigenvalue weighted by Gasteiger charge is 2.30. The van der Waals surface area contributed by atoms with Crippen molar-refractivity contribution in [2.24, 2.45) is 42.3 Å². The van der Waals surface area contributed by atoms with Gasteiger partial charge >= 0.3 is 40.2 Å². The van der Waals surface area contributed by atoms with Crippen LogP contribution >= 0.6 is 103 Å². The molecule has 0 aliphatic rings. The fourth-order valence-corrected chi connectivity index (χ4v) is 25.9. The monoisotopic (exact) mass is 2220 g/mol. The Labute approximate surface area is 893 Å². The van der Waals surface area contributed by atoms with Crippen molar-refractivity contribution in [3.63, 3.8) is 0 Å². The minimum absolute atomic E-state index is 0.0103. The number of aliphatic hydroxyl groups is 6. The molecule has 0 aliphatic heterocycles. The fourth-order valence-electron chi connectivity index (χ4n) is 17.6. The summed E-state index contributed by atoms with van der Waals surface area (Å²) in [6.07, 6.45) is -1.21. The van der Waals surface area contributed by atoms with Crippen LogP contribution in [0.25, 0.3) is 124 Å². The molecule has 0 fully saturated rings. The number of ether oxygens (including phenoxy) is 1. The molecule has 0 saturated heterocycles. The summed E-state index contributed by atoms with van der Waals surface area (Å²) in [6, 6.07) is 40.0. The number of fused-ring (bicyclic) bond motifs is 6. The van der Waals surface area contributed by atoms with Gasteiger partial charge in [0.15, 0.2) is 0 Å². The zero-order valence-electron chi connectivity index (χ0n) is 85.0. The van der Waals surface area contributed by atoms with Gasteiger partial charge in [0, 0.05) is 179 Å². The van der Waals surface area contributed by atoms with Crippen LogP contribution in [0.2, 0.25) is 15.1 Å². The van der Waals surface area contributed by atoms with E-state index in [1.807, 2.05) is 127 Å². The Morgan fingerprint density at radius 2 is 0.580 bits per heavy atom. The van der Waals surface area contributed by atoms with Gasteiger partial charge in [0.2, 0.25) is 0 Å². The number of halogens is 6. The summed E-state index contributed by atoms with van der Waals surface area (Å²) in [5.74, 6) is -0.292. The van der Waals surface area contributed by atoms with Crippen LogP contribution in [0.1, 0.15) is 95.5 Å². The summed E-state index contributed by atoms with van der Waals surface area (Å²) in [5, 5.41) is 59.0. The number of nitrogens with zero attached hydrogens (tertiary/aromatic N) is 12. The van der Waals surface area contributed by atoms with Gasteiger partial charge in [0.25, 0.3) is 33.4 Å². The molecule has 150 heavy (non-hydrogen) atoms. The zero-order chi connectivity index (χ0) is 110. The average molecular weight is 2230 g/mol. The molecule has 12 heterocycles. The Kier molecular flexibility index (Phi) is 37.2. The number of hydrogen-bond donors (Lipinski definition) is 6. The third kappa shape index (κ3) is 23.2. The normalized spacial score (nSPS) is 11.5. The van der Waals surface area contributed by atoms with Gasteiger partial charge in [-0.1, -0.05) is 137 Å². The van der Waals surface area contributed by atoms with E-state index in [-0.39, 0.29) is 141 Å². The second-order valence-electron chi connectivity index (χ2n) is 35.9. The highest BCUT2D eigenvalue weighted by atomic mass is 35.5. The van der Waals surface area contributed by atoms with Crippen LogP contribution in [-0.2, 0) is 81.6 Å². The minimum atomic E-state index is -3.31. The Morgan fingerprint density at radius 3 is 0.887 bits per heavy atom. The quantitative estimate of drug-likeness (QED) is 0.0293. The van der Waals surface area contributed by atoms with Crippen LogP contribution in [0.15, 0.2) is 191 Å². The van der Waals surface area contributed by atoms with Crippen molar-refractivity contribution in [3.05, 3.63) is 329 Å². The van der Waals surface area contributed by atoms with Gasteiger partial charge in [0.05, 0.1) is 37.3 Å². The molecule has 0 radical (unpaired) electrons. The number of alkyl halides is 2. The predicted molar refractivity (Wildman–Crippen MR) is 600 cm³/mol. The molecule has 0 spiro atoms. The van der Waals surface area contributed by atoms with E-state index in [1.54, 1.807) is 86.5 Å². The predicted octanol–water partition coefficient (Wildman–Crippen LogP) is 16.7. The summed E-state index contributed by atoms with van der Waals surface area (Å²) >= 11 is 27.1. The Hall–Kier alpha value is -12.6. The number of benzene rings is 6. The smallest absolute Gasteiger partial charge is 0.394 e. The maximum atomic E-state index is 13.9. The summed E-state index contributed by atoms with van der Waals surface area (Å²) in [4.78, 5) is 161. The van der Waals surface area contributed by atoms with E-state index in [4.69, 9.17) is 65.4 Å². The van der Waals surface area contributed by atoms with Crippen molar-refractivity contribution < 1.29 is 48.5 Å². The second-order valence-corrected chi connectivity index (χ2v) is 43.1. The van der Waals surface area contributed by atoms with Gasteiger partial charge in [-0.15, -0.1) is 68.0 Å². The number of hydrogen-bond acceptors (Lipinski definition) is 25. The van der Waals surface area contributed by atoms with E-state index >= 15 is 0 Å². The lowest BCUT2D eigenvalue weighted by molar-refractivity contribution is -0.158. The van der Waals surface area contributed by atoms with Gasteiger partial charge in [-0.25, -0.2) is 33.2 Å². The van der Waals surface area contributed by atoms with Crippen molar-refractivity contribution in [2.45, 2.75) is 153 Å². The summed E-state index contributed by atoms with van der Waals surface area (Å²) < 4.78 is 60.8. The molecule has 0 saturated carbocycles. The van der Waals surface area contributed by atoms with Crippen molar-refractivity contribution in [1.82, 2.24) is 54.8 Å². The lowest BCUT2D eigenvalue weighted by atomic mass is 10.1. The summed E-state index contributed by atoms with van der Waals surface area (Å²) in [7, 11) is 9.88. The maximum absolute atomic E-state index is 13.9. The third-order valence-corrected chi connectivity index (χ3v) is 35.0. The Morgan fingerprint density at radius 1 is 0.307 bits per heavy atom. The third-order valence-electron chi connectivity index (χ3n) is 25.4. The number of aromatic nitrogens is 12. The largest absolute Gasteiger partial charge is 0.433 e. The molecule has 0 unspecified atom stereocenters. The molecule has 43 heteroatoms. The first kappa shape index (κ1) is 115.